The predicted octanol–water partition coefficient (Wildman–Crippen LogP) is 4.58. The van der Waals surface area contributed by atoms with Gasteiger partial charge >= 0.3 is 0 Å². The Morgan fingerprint density at radius 1 is 1.30 bits per heavy atom. The van der Waals surface area contributed by atoms with Gasteiger partial charge in [0, 0.05) is 29.8 Å². The summed E-state index contributed by atoms with van der Waals surface area (Å²) in [4.78, 5) is 2.59. The number of nitrogens with one attached hydrogen (secondary N) is 1. The van der Waals surface area contributed by atoms with Gasteiger partial charge < -0.3 is 10.2 Å². The fourth-order valence-electron chi connectivity index (χ4n) is 3.30. The lowest BCUT2D eigenvalue weighted by Gasteiger charge is -2.26. The van der Waals surface area contributed by atoms with Gasteiger partial charge in [0.15, 0.2) is 0 Å². The zero-order valence-corrected chi connectivity index (χ0v) is 14.4. The Morgan fingerprint density at radius 3 is 2.90 bits per heavy atom. The normalized spacial score (nSPS) is 19.9. The fraction of sp³-hybridized carbons (Fsp3) is 0.647. The third-order valence-electron chi connectivity index (χ3n) is 4.29. The second-order valence-electron chi connectivity index (χ2n) is 5.88. The number of halogens is 1. The van der Waals surface area contributed by atoms with E-state index < -0.39 is 0 Å². The first-order chi connectivity index (χ1) is 9.74. The summed E-state index contributed by atoms with van der Waals surface area (Å²) in [5.41, 5.74) is 2.82. The van der Waals surface area contributed by atoms with Gasteiger partial charge in [-0.3, -0.25) is 0 Å². The Labute approximate surface area is 132 Å². The van der Waals surface area contributed by atoms with E-state index in [0.29, 0.717) is 0 Å². The number of nitrogens with zero attached hydrogens (tertiary/aromatic N) is 1. The van der Waals surface area contributed by atoms with Gasteiger partial charge in [-0.25, -0.2) is 0 Å². The average molecular weight is 339 g/mol. The van der Waals surface area contributed by atoms with Crippen molar-refractivity contribution in [2.45, 2.75) is 45.6 Å². The lowest BCUT2D eigenvalue weighted by atomic mass is 9.96. The van der Waals surface area contributed by atoms with Crippen molar-refractivity contribution in [2.24, 2.45) is 5.92 Å². The standard InChI is InChI=1S/C17H27BrN2/c1-3-5-14-6-4-10-20(11-9-14)17-8-7-16(18)12-15(17)13-19-2/h7-8,12,14,19H,3-6,9-11,13H2,1-2H3. The molecule has 1 N–H and O–H groups in total. The van der Waals surface area contributed by atoms with E-state index in [2.05, 4.69) is 51.3 Å². The van der Waals surface area contributed by atoms with Crippen molar-refractivity contribution in [2.75, 3.05) is 25.0 Å². The highest BCUT2D eigenvalue weighted by molar-refractivity contribution is 9.10. The molecule has 1 aromatic carbocycles. The van der Waals surface area contributed by atoms with Gasteiger partial charge in [0.1, 0.15) is 0 Å². The molecule has 3 heteroatoms. The van der Waals surface area contributed by atoms with Crippen LogP contribution in [0.4, 0.5) is 5.69 Å². The van der Waals surface area contributed by atoms with E-state index in [1.54, 1.807) is 0 Å². The van der Waals surface area contributed by atoms with Crippen LogP contribution in [0.5, 0.6) is 0 Å². The highest BCUT2D eigenvalue weighted by atomic mass is 79.9. The van der Waals surface area contributed by atoms with Crippen molar-refractivity contribution >= 4 is 21.6 Å². The second kappa shape index (κ2) is 8.04. The molecule has 1 fully saturated rings. The van der Waals surface area contributed by atoms with Crippen LogP contribution >= 0.6 is 15.9 Å². The molecular formula is C17H27BrN2. The molecule has 2 nitrogen and oxygen atoms in total. The third kappa shape index (κ3) is 4.23. The molecule has 1 aliphatic rings. The van der Waals surface area contributed by atoms with Crippen molar-refractivity contribution < 1.29 is 0 Å². The molecule has 1 atom stereocenters. The van der Waals surface area contributed by atoms with E-state index in [1.807, 2.05) is 7.05 Å². The highest BCUT2D eigenvalue weighted by Crippen LogP contribution is 2.29. The molecule has 112 valence electrons. The minimum Gasteiger partial charge on any atom is -0.371 e. The second-order valence-corrected chi connectivity index (χ2v) is 6.79. The number of benzene rings is 1. The molecule has 0 saturated carbocycles. The number of hydrogen-bond acceptors (Lipinski definition) is 2. The molecule has 0 bridgehead atoms. The Bertz CT molecular complexity index is 419. The van der Waals surface area contributed by atoms with Crippen LogP contribution in [0.1, 0.15) is 44.6 Å². The van der Waals surface area contributed by atoms with Crippen LogP contribution in [0.3, 0.4) is 0 Å². The van der Waals surface area contributed by atoms with Crippen LogP contribution in [-0.2, 0) is 6.54 Å². The van der Waals surface area contributed by atoms with Crippen molar-refractivity contribution in [1.82, 2.24) is 5.32 Å². The minimum atomic E-state index is 0.934. The molecule has 1 saturated heterocycles. The first-order valence-electron chi connectivity index (χ1n) is 7.92. The monoisotopic (exact) mass is 338 g/mol. The Hall–Kier alpha value is -0.540. The molecule has 1 heterocycles. The van der Waals surface area contributed by atoms with E-state index in [-0.39, 0.29) is 0 Å². The first kappa shape index (κ1) is 15.8. The summed E-state index contributed by atoms with van der Waals surface area (Å²) in [7, 11) is 2.02. The van der Waals surface area contributed by atoms with Gasteiger partial charge in [-0.2, -0.15) is 0 Å². The highest BCUT2D eigenvalue weighted by Gasteiger charge is 2.18. The van der Waals surface area contributed by atoms with Crippen molar-refractivity contribution in [3.8, 4) is 0 Å². The smallest absolute Gasteiger partial charge is 0.0412 e. The van der Waals surface area contributed by atoms with Crippen LogP contribution < -0.4 is 10.2 Å². The Kier molecular flexibility index (Phi) is 6.37. The minimum absolute atomic E-state index is 0.934. The molecule has 1 aromatic rings. The topological polar surface area (TPSA) is 15.3 Å². The molecule has 2 rings (SSSR count). The molecule has 0 radical (unpaired) electrons. The average Bonchev–Trinajstić information content (AvgIpc) is 2.66. The van der Waals surface area contributed by atoms with Crippen molar-refractivity contribution in [1.29, 1.82) is 0 Å². The summed E-state index contributed by atoms with van der Waals surface area (Å²) in [6, 6.07) is 6.69. The quantitative estimate of drug-likeness (QED) is 0.845. The predicted molar refractivity (Wildman–Crippen MR) is 91.4 cm³/mol. The number of rotatable bonds is 5. The van der Waals surface area contributed by atoms with Gasteiger partial charge in [0.2, 0.25) is 0 Å². The van der Waals surface area contributed by atoms with Gasteiger partial charge in [-0.15, -0.1) is 0 Å². The maximum Gasteiger partial charge on any atom is 0.0412 e. The molecule has 0 amide bonds. The maximum atomic E-state index is 3.59. The molecule has 20 heavy (non-hydrogen) atoms. The largest absolute Gasteiger partial charge is 0.371 e. The van der Waals surface area contributed by atoms with Crippen LogP contribution in [0.15, 0.2) is 22.7 Å². The van der Waals surface area contributed by atoms with E-state index >= 15 is 0 Å². The molecule has 0 aliphatic carbocycles. The van der Waals surface area contributed by atoms with E-state index in [9.17, 15) is 0 Å². The van der Waals surface area contributed by atoms with E-state index in [0.717, 1.165) is 12.5 Å². The summed E-state index contributed by atoms with van der Waals surface area (Å²) < 4.78 is 1.17. The lowest BCUT2D eigenvalue weighted by Crippen LogP contribution is -2.26. The summed E-state index contributed by atoms with van der Waals surface area (Å²) >= 11 is 3.59. The van der Waals surface area contributed by atoms with Gasteiger partial charge in [0.25, 0.3) is 0 Å². The maximum absolute atomic E-state index is 3.59. The molecule has 0 spiro atoms. The summed E-state index contributed by atoms with van der Waals surface area (Å²) in [5, 5.41) is 3.29. The molecule has 1 aliphatic heterocycles. The zero-order valence-electron chi connectivity index (χ0n) is 12.8. The summed E-state index contributed by atoms with van der Waals surface area (Å²) in [6.45, 7) is 5.66. The zero-order chi connectivity index (χ0) is 14.4. The third-order valence-corrected chi connectivity index (χ3v) is 4.79. The van der Waals surface area contributed by atoms with Crippen LogP contribution in [0, 0.1) is 5.92 Å². The van der Waals surface area contributed by atoms with Crippen LogP contribution in [0.25, 0.3) is 0 Å². The Balaban J connectivity index is 2.10. The Morgan fingerprint density at radius 2 is 2.15 bits per heavy atom. The first-order valence-corrected chi connectivity index (χ1v) is 8.72. The van der Waals surface area contributed by atoms with Crippen molar-refractivity contribution in [3.05, 3.63) is 28.2 Å². The summed E-state index contributed by atoms with van der Waals surface area (Å²) in [6.07, 6.45) is 6.82. The molecular weight excluding hydrogens is 312 g/mol. The van der Waals surface area contributed by atoms with Crippen LogP contribution in [0.2, 0.25) is 0 Å². The summed E-state index contributed by atoms with van der Waals surface area (Å²) in [5.74, 6) is 0.938. The van der Waals surface area contributed by atoms with Crippen molar-refractivity contribution in [3.63, 3.8) is 0 Å². The fourth-order valence-corrected chi connectivity index (χ4v) is 3.71. The van der Waals surface area contributed by atoms with Gasteiger partial charge in [-0.05, 0) is 56.0 Å². The number of anilines is 1. The van der Waals surface area contributed by atoms with Gasteiger partial charge in [-0.1, -0.05) is 35.7 Å². The van der Waals surface area contributed by atoms with E-state index in [4.69, 9.17) is 0 Å². The number of hydrogen-bond donors (Lipinski definition) is 1. The SMILES string of the molecule is CCCC1CCCN(c2ccc(Br)cc2CNC)CC1. The van der Waals surface area contributed by atoms with Crippen LogP contribution in [-0.4, -0.2) is 20.1 Å². The molecule has 1 unspecified atom stereocenters. The van der Waals surface area contributed by atoms with Gasteiger partial charge in [0.05, 0.1) is 0 Å². The molecule has 0 aromatic heterocycles. The van der Waals surface area contributed by atoms with E-state index in [1.165, 1.54) is 60.9 Å². The lowest BCUT2D eigenvalue weighted by molar-refractivity contribution is 0.435.